The number of aromatic nitrogens is 2. The van der Waals surface area contributed by atoms with E-state index in [0.717, 1.165) is 24.1 Å². The van der Waals surface area contributed by atoms with Crippen molar-refractivity contribution < 1.29 is 19.1 Å². The van der Waals surface area contributed by atoms with Crippen molar-refractivity contribution in [3.8, 4) is 11.5 Å². The molecule has 0 spiro atoms. The van der Waals surface area contributed by atoms with Crippen molar-refractivity contribution in [3.63, 3.8) is 0 Å². The van der Waals surface area contributed by atoms with E-state index >= 15 is 0 Å². The van der Waals surface area contributed by atoms with E-state index in [9.17, 15) is 9.59 Å². The minimum atomic E-state index is -0.381. The summed E-state index contributed by atoms with van der Waals surface area (Å²) in [7, 11) is 3.16. The van der Waals surface area contributed by atoms with Crippen LogP contribution in [0.2, 0.25) is 0 Å². The van der Waals surface area contributed by atoms with Crippen molar-refractivity contribution in [2.75, 3.05) is 26.1 Å². The summed E-state index contributed by atoms with van der Waals surface area (Å²) in [6.45, 7) is 0.507. The summed E-state index contributed by atoms with van der Waals surface area (Å²) in [6.07, 6.45) is 4.32. The van der Waals surface area contributed by atoms with Gasteiger partial charge in [-0.1, -0.05) is 6.07 Å². The maximum Gasteiger partial charge on any atom is 0.274 e. The minimum Gasteiger partial charge on any atom is -0.493 e. The Morgan fingerprint density at radius 1 is 1.03 bits per heavy atom. The molecule has 4 rings (SSSR count). The highest BCUT2D eigenvalue weighted by Gasteiger charge is 2.22. The molecule has 0 atom stereocenters. The zero-order valence-corrected chi connectivity index (χ0v) is 18.3. The summed E-state index contributed by atoms with van der Waals surface area (Å²) >= 11 is 0. The standard InChI is InChI=1S/C24H23N5O4/c1-32-21-9-8-16(14-22(21)33-2)19-7-4-12-29(28-19)24(31)17-5-3-6-18(13-17)27-23(30)20-10-11-25-15-26-20/h3,5-6,8-11,13-15H,4,7,12H2,1-2H3,(H,27,30). The Balaban J connectivity index is 1.53. The van der Waals surface area contributed by atoms with Crippen molar-refractivity contribution in [1.82, 2.24) is 15.0 Å². The largest absolute Gasteiger partial charge is 0.493 e. The summed E-state index contributed by atoms with van der Waals surface area (Å²) in [6, 6.07) is 13.8. The molecule has 33 heavy (non-hydrogen) atoms. The first-order valence-electron chi connectivity index (χ1n) is 10.4. The van der Waals surface area contributed by atoms with Gasteiger partial charge < -0.3 is 14.8 Å². The molecule has 1 aliphatic rings. The summed E-state index contributed by atoms with van der Waals surface area (Å²) in [5.74, 6) is 0.610. The molecule has 1 N–H and O–H groups in total. The van der Waals surface area contributed by atoms with E-state index in [1.807, 2.05) is 18.2 Å². The fraction of sp³-hybridized carbons (Fsp3) is 0.208. The van der Waals surface area contributed by atoms with E-state index in [-0.39, 0.29) is 17.5 Å². The number of hydrogen-bond acceptors (Lipinski definition) is 7. The zero-order chi connectivity index (χ0) is 23.2. The van der Waals surface area contributed by atoms with Crippen molar-refractivity contribution in [2.45, 2.75) is 12.8 Å². The molecular weight excluding hydrogens is 422 g/mol. The molecule has 2 amide bonds. The predicted molar refractivity (Wildman–Crippen MR) is 123 cm³/mol. The van der Waals surface area contributed by atoms with Crippen molar-refractivity contribution in [2.24, 2.45) is 5.10 Å². The van der Waals surface area contributed by atoms with Gasteiger partial charge in [-0.25, -0.2) is 15.0 Å². The Morgan fingerprint density at radius 2 is 1.88 bits per heavy atom. The van der Waals surface area contributed by atoms with Crippen LogP contribution in [-0.2, 0) is 0 Å². The Bertz CT molecular complexity index is 1200. The lowest BCUT2D eigenvalue weighted by atomic mass is 10.0. The molecule has 168 valence electrons. The smallest absolute Gasteiger partial charge is 0.274 e. The number of carbonyl (C=O) groups is 2. The summed E-state index contributed by atoms with van der Waals surface area (Å²) in [5, 5.41) is 8.81. The number of nitrogens with zero attached hydrogens (tertiary/aromatic N) is 4. The van der Waals surface area contributed by atoms with E-state index in [1.54, 1.807) is 38.5 Å². The molecule has 1 aliphatic heterocycles. The van der Waals surface area contributed by atoms with Gasteiger partial charge in [0, 0.05) is 29.6 Å². The summed E-state index contributed by atoms with van der Waals surface area (Å²) in [4.78, 5) is 33.2. The van der Waals surface area contributed by atoms with E-state index < -0.39 is 0 Å². The number of carbonyl (C=O) groups excluding carboxylic acids is 2. The van der Waals surface area contributed by atoms with Gasteiger partial charge in [-0.15, -0.1) is 0 Å². The number of hydrogen-bond donors (Lipinski definition) is 1. The second-order valence-electron chi connectivity index (χ2n) is 7.28. The minimum absolute atomic E-state index is 0.238. The topological polar surface area (TPSA) is 106 Å². The van der Waals surface area contributed by atoms with Crippen LogP contribution in [0.15, 0.2) is 66.2 Å². The Labute approximate surface area is 191 Å². The number of amides is 2. The lowest BCUT2D eigenvalue weighted by Crippen LogP contribution is -2.32. The molecule has 9 heteroatoms. The van der Waals surface area contributed by atoms with Crippen LogP contribution in [0, 0.1) is 0 Å². The van der Waals surface area contributed by atoms with Crippen LogP contribution >= 0.6 is 0 Å². The van der Waals surface area contributed by atoms with Gasteiger partial charge in [-0.3, -0.25) is 9.59 Å². The Hall–Kier alpha value is -4.27. The fourth-order valence-electron chi connectivity index (χ4n) is 3.51. The first-order chi connectivity index (χ1) is 16.1. The molecule has 0 fully saturated rings. The molecule has 9 nitrogen and oxygen atoms in total. The maximum absolute atomic E-state index is 13.1. The van der Waals surface area contributed by atoms with Crippen LogP contribution < -0.4 is 14.8 Å². The van der Waals surface area contributed by atoms with E-state index in [1.165, 1.54) is 23.6 Å². The lowest BCUT2D eigenvalue weighted by molar-refractivity contribution is 0.0751. The predicted octanol–water partition coefficient (Wildman–Crippen LogP) is 3.39. The van der Waals surface area contributed by atoms with Gasteiger partial charge in [0.2, 0.25) is 0 Å². The molecular formula is C24H23N5O4. The summed E-state index contributed by atoms with van der Waals surface area (Å²) in [5.41, 5.74) is 2.82. The fourth-order valence-corrected chi connectivity index (χ4v) is 3.51. The van der Waals surface area contributed by atoms with Crippen LogP contribution in [0.5, 0.6) is 11.5 Å². The first kappa shape index (κ1) is 21.9. The molecule has 0 saturated heterocycles. The second-order valence-corrected chi connectivity index (χ2v) is 7.28. The molecule has 1 aromatic heterocycles. The molecule has 0 aliphatic carbocycles. The van der Waals surface area contributed by atoms with Crippen LogP contribution in [-0.4, -0.2) is 53.3 Å². The quantitative estimate of drug-likeness (QED) is 0.623. The van der Waals surface area contributed by atoms with Gasteiger partial charge in [0.1, 0.15) is 12.0 Å². The normalized spacial score (nSPS) is 13.2. The summed E-state index contributed by atoms with van der Waals surface area (Å²) < 4.78 is 10.7. The van der Waals surface area contributed by atoms with Gasteiger partial charge in [-0.05, 0) is 55.3 Å². The van der Waals surface area contributed by atoms with Crippen LogP contribution in [0.1, 0.15) is 39.3 Å². The number of anilines is 1. The zero-order valence-electron chi connectivity index (χ0n) is 18.3. The molecule has 0 radical (unpaired) electrons. The Kier molecular flexibility index (Phi) is 6.58. The number of benzene rings is 2. The first-order valence-corrected chi connectivity index (χ1v) is 10.4. The molecule has 0 saturated carbocycles. The molecule has 2 heterocycles. The number of rotatable bonds is 6. The lowest BCUT2D eigenvalue weighted by Gasteiger charge is -2.24. The van der Waals surface area contributed by atoms with Gasteiger partial charge in [-0.2, -0.15) is 5.10 Å². The van der Waals surface area contributed by atoms with E-state index in [2.05, 4.69) is 20.4 Å². The van der Waals surface area contributed by atoms with Crippen LogP contribution in [0.3, 0.4) is 0 Å². The van der Waals surface area contributed by atoms with E-state index in [0.29, 0.717) is 29.3 Å². The van der Waals surface area contributed by atoms with Crippen molar-refractivity contribution >= 4 is 23.2 Å². The van der Waals surface area contributed by atoms with Gasteiger partial charge >= 0.3 is 0 Å². The number of methoxy groups -OCH3 is 2. The number of ether oxygens (including phenoxy) is 2. The van der Waals surface area contributed by atoms with Crippen molar-refractivity contribution in [1.29, 1.82) is 0 Å². The average Bonchev–Trinajstić information content (AvgIpc) is 2.88. The third kappa shape index (κ3) is 4.98. The molecule has 0 bridgehead atoms. The second kappa shape index (κ2) is 9.90. The van der Waals surface area contributed by atoms with Gasteiger partial charge in [0.15, 0.2) is 11.5 Å². The highest BCUT2D eigenvalue weighted by molar-refractivity contribution is 6.05. The molecule has 2 aromatic carbocycles. The van der Waals surface area contributed by atoms with Gasteiger partial charge in [0.25, 0.3) is 11.8 Å². The molecule has 0 unspecified atom stereocenters. The number of hydrazone groups is 1. The monoisotopic (exact) mass is 445 g/mol. The van der Waals surface area contributed by atoms with Crippen molar-refractivity contribution in [3.05, 3.63) is 77.9 Å². The molecule has 3 aromatic rings. The highest BCUT2D eigenvalue weighted by atomic mass is 16.5. The maximum atomic E-state index is 13.1. The van der Waals surface area contributed by atoms with Crippen LogP contribution in [0.25, 0.3) is 0 Å². The Morgan fingerprint density at radius 3 is 2.64 bits per heavy atom. The van der Waals surface area contributed by atoms with Gasteiger partial charge in [0.05, 0.1) is 19.9 Å². The average molecular weight is 445 g/mol. The van der Waals surface area contributed by atoms with Crippen LogP contribution in [0.4, 0.5) is 5.69 Å². The third-order valence-corrected chi connectivity index (χ3v) is 5.16. The van der Waals surface area contributed by atoms with E-state index in [4.69, 9.17) is 9.47 Å². The SMILES string of the molecule is COc1ccc(C2=NN(C(=O)c3cccc(NC(=O)c4ccncn4)c3)CCC2)cc1OC. The highest BCUT2D eigenvalue weighted by Crippen LogP contribution is 2.29. The number of nitrogens with one attached hydrogen (secondary N) is 1. The third-order valence-electron chi connectivity index (χ3n) is 5.16.